The van der Waals surface area contributed by atoms with Gasteiger partial charge < -0.3 is 15.1 Å². The second-order valence-corrected chi connectivity index (χ2v) is 7.54. The minimum atomic E-state index is -0.195. The van der Waals surface area contributed by atoms with E-state index in [1.807, 2.05) is 38.2 Å². The summed E-state index contributed by atoms with van der Waals surface area (Å²) in [6.45, 7) is 2.98. The second kappa shape index (κ2) is 9.74. The maximum Gasteiger partial charge on any atom is 0.279 e. The number of nitrogens with zero attached hydrogens (tertiary/aromatic N) is 1. The summed E-state index contributed by atoms with van der Waals surface area (Å²) in [6, 6.07) is 13.0. The lowest BCUT2D eigenvalue weighted by molar-refractivity contribution is -0.862. The summed E-state index contributed by atoms with van der Waals surface area (Å²) in [7, 11) is 3.58. The standard InChI is InChI=1S/C20H23Cl2N3O2/c1-14-4-6-15(7-5-14)11-25(3)20(27)13-24(2)12-19(26)23-16-8-9-17(21)18(22)10-16/h4-10H,11-13H2,1-3H3,(H,23,26)/p+1. The second-order valence-electron chi connectivity index (χ2n) is 6.72. The summed E-state index contributed by atoms with van der Waals surface area (Å²) in [6.07, 6.45) is 0. The van der Waals surface area contributed by atoms with Crippen LogP contribution >= 0.6 is 23.2 Å². The van der Waals surface area contributed by atoms with Crippen LogP contribution in [0.3, 0.4) is 0 Å². The van der Waals surface area contributed by atoms with E-state index in [9.17, 15) is 9.59 Å². The smallest absolute Gasteiger partial charge is 0.279 e. The minimum Gasteiger partial charge on any atom is -0.337 e. The number of quaternary nitrogens is 1. The highest BCUT2D eigenvalue weighted by Crippen LogP contribution is 2.24. The molecule has 0 saturated heterocycles. The van der Waals surface area contributed by atoms with E-state index >= 15 is 0 Å². The number of anilines is 1. The van der Waals surface area contributed by atoms with Gasteiger partial charge in [-0.15, -0.1) is 0 Å². The summed E-state index contributed by atoms with van der Waals surface area (Å²) in [5.74, 6) is -0.213. The summed E-state index contributed by atoms with van der Waals surface area (Å²) in [5.41, 5.74) is 2.83. The molecule has 0 heterocycles. The van der Waals surface area contributed by atoms with Gasteiger partial charge in [0.15, 0.2) is 13.1 Å². The van der Waals surface area contributed by atoms with Crippen molar-refractivity contribution >= 4 is 40.7 Å². The number of carbonyl (C=O) groups excluding carboxylic acids is 2. The molecule has 0 fully saturated rings. The van der Waals surface area contributed by atoms with Gasteiger partial charge in [-0.2, -0.15) is 0 Å². The van der Waals surface area contributed by atoms with E-state index in [2.05, 4.69) is 5.32 Å². The van der Waals surface area contributed by atoms with Gasteiger partial charge in [0.05, 0.1) is 17.1 Å². The number of carbonyl (C=O) groups is 2. The van der Waals surface area contributed by atoms with Crippen LogP contribution in [0.1, 0.15) is 11.1 Å². The zero-order valence-electron chi connectivity index (χ0n) is 15.7. The Kier molecular flexibility index (Phi) is 7.66. The predicted octanol–water partition coefficient (Wildman–Crippen LogP) is 2.41. The molecule has 0 aliphatic carbocycles. The third-order valence-electron chi connectivity index (χ3n) is 4.08. The molecule has 2 rings (SSSR count). The highest BCUT2D eigenvalue weighted by molar-refractivity contribution is 6.42. The lowest BCUT2D eigenvalue weighted by Crippen LogP contribution is -3.11. The molecule has 1 unspecified atom stereocenters. The molecule has 0 radical (unpaired) electrons. The van der Waals surface area contributed by atoms with Crippen LogP contribution in [0.5, 0.6) is 0 Å². The van der Waals surface area contributed by atoms with E-state index in [0.29, 0.717) is 22.3 Å². The van der Waals surface area contributed by atoms with E-state index in [4.69, 9.17) is 23.2 Å². The largest absolute Gasteiger partial charge is 0.337 e. The van der Waals surface area contributed by atoms with E-state index in [1.165, 1.54) is 5.56 Å². The van der Waals surface area contributed by atoms with Gasteiger partial charge in [-0.3, -0.25) is 9.59 Å². The SMILES string of the molecule is Cc1ccc(CN(C)C(=O)C[NH+](C)CC(=O)Nc2ccc(Cl)c(Cl)c2)cc1. The average Bonchev–Trinajstić information content (AvgIpc) is 2.59. The molecule has 0 spiro atoms. The summed E-state index contributed by atoms with van der Waals surface area (Å²) < 4.78 is 0. The van der Waals surface area contributed by atoms with Gasteiger partial charge in [-0.05, 0) is 30.7 Å². The molecule has 0 bridgehead atoms. The Morgan fingerprint density at radius 3 is 2.33 bits per heavy atom. The third kappa shape index (κ3) is 6.86. The van der Waals surface area contributed by atoms with E-state index in [1.54, 1.807) is 30.1 Å². The molecule has 2 aromatic carbocycles. The Morgan fingerprint density at radius 2 is 1.70 bits per heavy atom. The van der Waals surface area contributed by atoms with Crippen LogP contribution in [0.2, 0.25) is 10.0 Å². The van der Waals surface area contributed by atoms with Crippen molar-refractivity contribution in [3.05, 3.63) is 63.6 Å². The van der Waals surface area contributed by atoms with E-state index < -0.39 is 0 Å². The molecule has 27 heavy (non-hydrogen) atoms. The molecule has 0 aromatic heterocycles. The van der Waals surface area contributed by atoms with Gasteiger partial charge in [-0.25, -0.2) is 0 Å². The lowest BCUT2D eigenvalue weighted by atomic mass is 10.1. The van der Waals surface area contributed by atoms with Crippen molar-refractivity contribution < 1.29 is 14.5 Å². The molecule has 7 heteroatoms. The molecule has 2 amide bonds. The van der Waals surface area contributed by atoms with Crippen LogP contribution in [-0.4, -0.2) is 43.9 Å². The first-order valence-electron chi connectivity index (χ1n) is 8.60. The minimum absolute atomic E-state index is 0.0181. The first-order chi connectivity index (χ1) is 12.7. The molecule has 0 aliphatic heterocycles. The number of hydrogen-bond acceptors (Lipinski definition) is 2. The Morgan fingerprint density at radius 1 is 1.04 bits per heavy atom. The molecular weight excluding hydrogens is 385 g/mol. The summed E-state index contributed by atoms with van der Waals surface area (Å²) >= 11 is 11.8. The van der Waals surface area contributed by atoms with Crippen LogP contribution < -0.4 is 10.2 Å². The van der Waals surface area contributed by atoms with Gasteiger partial charge in [-0.1, -0.05) is 53.0 Å². The third-order valence-corrected chi connectivity index (χ3v) is 4.82. The Labute approximate surface area is 169 Å². The Hall–Kier alpha value is -2.08. The monoisotopic (exact) mass is 408 g/mol. The quantitative estimate of drug-likeness (QED) is 0.738. The number of aryl methyl sites for hydroxylation is 1. The summed E-state index contributed by atoms with van der Waals surface area (Å²) in [4.78, 5) is 27.0. The van der Waals surface area contributed by atoms with Crippen molar-refractivity contribution in [2.24, 2.45) is 0 Å². The number of amides is 2. The lowest BCUT2D eigenvalue weighted by Gasteiger charge is -2.20. The van der Waals surface area contributed by atoms with Crippen LogP contribution in [-0.2, 0) is 16.1 Å². The fourth-order valence-electron chi connectivity index (χ4n) is 2.56. The molecule has 2 aromatic rings. The maximum absolute atomic E-state index is 12.4. The molecule has 5 nitrogen and oxygen atoms in total. The number of benzene rings is 2. The molecule has 0 aliphatic rings. The summed E-state index contributed by atoms with van der Waals surface area (Å²) in [5, 5.41) is 3.57. The van der Waals surface area contributed by atoms with Gasteiger partial charge in [0.25, 0.3) is 11.8 Å². The normalized spacial score (nSPS) is 11.7. The molecule has 2 N–H and O–H groups in total. The average molecular weight is 409 g/mol. The van der Waals surface area contributed by atoms with Crippen molar-refractivity contribution in [1.82, 2.24) is 4.90 Å². The first kappa shape index (κ1) is 21.2. The van der Waals surface area contributed by atoms with Crippen LogP contribution in [0.4, 0.5) is 5.69 Å². The number of nitrogens with one attached hydrogen (secondary N) is 2. The molecule has 0 saturated carbocycles. The Balaban J connectivity index is 1.81. The van der Waals surface area contributed by atoms with E-state index in [0.717, 1.165) is 10.5 Å². The fraction of sp³-hybridized carbons (Fsp3) is 0.300. The van der Waals surface area contributed by atoms with Crippen molar-refractivity contribution in [3.8, 4) is 0 Å². The molecule has 144 valence electrons. The van der Waals surface area contributed by atoms with E-state index in [-0.39, 0.29) is 24.9 Å². The maximum atomic E-state index is 12.4. The van der Waals surface area contributed by atoms with Gasteiger partial charge in [0, 0.05) is 19.3 Å². The first-order valence-corrected chi connectivity index (χ1v) is 9.36. The zero-order chi connectivity index (χ0) is 20.0. The van der Waals surface area contributed by atoms with Gasteiger partial charge >= 0.3 is 0 Å². The van der Waals surface area contributed by atoms with Crippen LogP contribution in [0.25, 0.3) is 0 Å². The zero-order valence-corrected chi connectivity index (χ0v) is 17.2. The number of likely N-dealkylation sites (N-methyl/N-ethyl adjacent to an activating group) is 2. The highest BCUT2D eigenvalue weighted by Gasteiger charge is 2.17. The van der Waals surface area contributed by atoms with Crippen molar-refractivity contribution in [2.45, 2.75) is 13.5 Å². The predicted molar refractivity (Wildman–Crippen MR) is 109 cm³/mol. The fourth-order valence-corrected chi connectivity index (χ4v) is 2.86. The van der Waals surface area contributed by atoms with Gasteiger partial charge in [0.1, 0.15) is 0 Å². The van der Waals surface area contributed by atoms with Crippen molar-refractivity contribution in [2.75, 3.05) is 32.5 Å². The number of hydrogen-bond donors (Lipinski definition) is 2. The van der Waals surface area contributed by atoms with Crippen molar-refractivity contribution in [3.63, 3.8) is 0 Å². The van der Waals surface area contributed by atoms with Crippen molar-refractivity contribution in [1.29, 1.82) is 0 Å². The highest BCUT2D eigenvalue weighted by atomic mass is 35.5. The Bertz CT molecular complexity index is 809. The number of rotatable bonds is 7. The van der Waals surface area contributed by atoms with Crippen LogP contribution in [0, 0.1) is 6.92 Å². The topological polar surface area (TPSA) is 53.9 Å². The number of halogens is 2. The van der Waals surface area contributed by atoms with Gasteiger partial charge in [0.2, 0.25) is 0 Å². The molecule has 1 atom stereocenters. The molecular formula is C20H24Cl2N3O2+. The van der Waals surface area contributed by atoms with Crippen LogP contribution in [0.15, 0.2) is 42.5 Å².